The van der Waals surface area contributed by atoms with Crippen molar-refractivity contribution in [2.24, 2.45) is 0 Å². The van der Waals surface area contributed by atoms with Crippen LogP contribution in [0.5, 0.6) is 0 Å². The lowest BCUT2D eigenvalue weighted by molar-refractivity contribution is 0.0532. The molecule has 1 fully saturated rings. The van der Waals surface area contributed by atoms with Gasteiger partial charge in [-0.3, -0.25) is 0 Å². The van der Waals surface area contributed by atoms with Crippen LogP contribution in [0.1, 0.15) is 51.6 Å². The molecular weight excluding hydrogens is 282 g/mol. The Morgan fingerprint density at radius 1 is 1.43 bits per heavy atom. The summed E-state index contributed by atoms with van der Waals surface area (Å²) in [4.78, 5) is 8.72. The highest BCUT2D eigenvalue weighted by Crippen LogP contribution is 2.34. The van der Waals surface area contributed by atoms with Gasteiger partial charge in [0.1, 0.15) is 0 Å². The standard InChI is InChI=1S/C16H29N3OS/c1-6-7-17-10-13-14(16(3,4)5)18-15(21-13)19-8-9-20-12(2)11-19/h12,17H,6-11H2,1-5H3. The topological polar surface area (TPSA) is 37.4 Å². The molecule has 0 amide bonds. The van der Waals surface area contributed by atoms with Crippen molar-refractivity contribution in [2.45, 2.75) is 59.1 Å². The summed E-state index contributed by atoms with van der Waals surface area (Å²) in [6, 6.07) is 0. The molecule has 1 aromatic heterocycles. The van der Waals surface area contributed by atoms with Gasteiger partial charge in [0.25, 0.3) is 0 Å². The van der Waals surface area contributed by atoms with Crippen LogP contribution in [0.3, 0.4) is 0 Å². The van der Waals surface area contributed by atoms with E-state index in [1.165, 1.54) is 10.6 Å². The molecule has 120 valence electrons. The van der Waals surface area contributed by atoms with Crippen molar-refractivity contribution in [1.29, 1.82) is 0 Å². The number of anilines is 1. The lowest BCUT2D eigenvalue weighted by Crippen LogP contribution is -2.41. The molecule has 0 spiro atoms. The molecule has 0 saturated carbocycles. The molecule has 1 N–H and O–H groups in total. The highest BCUT2D eigenvalue weighted by atomic mass is 32.1. The van der Waals surface area contributed by atoms with E-state index in [-0.39, 0.29) is 5.41 Å². The third-order valence-electron chi connectivity index (χ3n) is 3.62. The Labute approximate surface area is 132 Å². The summed E-state index contributed by atoms with van der Waals surface area (Å²) in [5, 5.41) is 4.67. The van der Waals surface area contributed by atoms with E-state index < -0.39 is 0 Å². The highest BCUT2D eigenvalue weighted by Gasteiger charge is 2.26. The zero-order valence-electron chi connectivity index (χ0n) is 14.0. The highest BCUT2D eigenvalue weighted by molar-refractivity contribution is 7.15. The Hall–Kier alpha value is -0.650. The van der Waals surface area contributed by atoms with Crippen LogP contribution in [-0.4, -0.2) is 37.3 Å². The van der Waals surface area contributed by atoms with Gasteiger partial charge >= 0.3 is 0 Å². The van der Waals surface area contributed by atoms with Crippen LogP contribution in [0, 0.1) is 0 Å². The van der Waals surface area contributed by atoms with Gasteiger partial charge in [0.15, 0.2) is 5.13 Å². The van der Waals surface area contributed by atoms with Gasteiger partial charge in [-0.25, -0.2) is 4.98 Å². The van der Waals surface area contributed by atoms with Crippen molar-refractivity contribution in [1.82, 2.24) is 10.3 Å². The molecule has 1 aliphatic heterocycles. The van der Waals surface area contributed by atoms with E-state index in [0.29, 0.717) is 6.10 Å². The SMILES string of the molecule is CCCNCc1sc(N2CCOC(C)C2)nc1C(C)(C)C. The van der Waals surface area contributed by atoms with Gasteiger partial charge in [0.2, 0.25) is 0 Å². The molecule has 5 heteroatoms. The van der Waals surface area contributed by atoms with Gasteiger partial charge in [0.05, 0.1) is 18.4 Å². The third kappa shape index (κ3) is 4.41. The van der Waals surface area contributed by atoms with Gasteiger partial charge in [-0.2, -0.15) is 0 Å². The fourth-order valence-corrected chi connectivity index (χ4v) is 3.83. The maximum absolute atomic E-state index is 5.64. The summed E-state index contributed by atoms with van der Waals surface area (Å²) < 4.78 is 5.64. The molecule has 1 aliphatic rings. The van der Waals surface area contributed by atoms with Crippen molar-refractivity contribution < 1.29 is 4.74 Å². The van der Waals surface area contributed by atoms with E-state index in [2.05, 4.69) is 44.8 Å². The molecular formula is C16H29N3OS. The monoisotopic (exact) mass is 311 g/mol. The minimum Gasteiger partial charge on any atom is -0.375 e. The molecule has 1 aromatic rings. The summed E-state index contributed by atoms with van der Waals surface area (Å²) in [5.74, 6) is 0. The van der Waals surface area contributed by atoms with Crippen LogP contribution in [0.4, 0.5) is 5.13 Å². The summed E-state index contributed by atoms with van der Waals surface area (Å²) in [5.41, 5.74) is 1.33. The average Bonchev–Trinajstić information content (AvgIpc) is 2.83. The van der Waals surface area contributed by atoms with Gasteiger partial charge in [-0.1, -0.05) is 27.7 Å². The number of rotatable bonds is 5. The molecule has 4 nitrogen and oxygen atoms in total. The Morgan fingerprint density at radius 3 is 2.81 bits per heavy atom. The molecule has 0 aliphatic carbocycles. The van der Waals surface area contributed by atoms with Crippen molar-refractivity contribution in [3.8, 4) is 0 Å². The first kappa shape index (κ1) is 16.7. The Morgan fingerprint density at radius 2 is 2.19 bits per heavy atom. The predicted molar refractivity (Wildman–Crippen MR) is 90.4 cm³/mol. The Kier molecular flexibility index (Phi) is 5.63. The molecule has 1 atom stereocenters. The lowest BCUT2D eigenvalue weighted by atomic mass is 9.91. The largest absolute Gasteiger partial charge is 0.375 e. The second kappa shape index (κ2) is 7.07. The van der Waals surface area contributed by atoms with Crippen molar-refractivity contribution >= 4 is 16.5 Å². The molecule has 2 heterocycles. The third-order valence-corrected chi connectivity index (χ3v) is 4.74. The normalized spacial score (nSPS) is 20.0. The van der Waals surface area contributed by atoms with Gasteiger partial charge in [-0.15, -0.1) is 11.3 Å². The van der Waals surface area contributed by atoms with Crippen molar-refractivity contribution in [3.05, 3.63) is 10.6 Å². The number of morpholine rings is 1. The lowest BCUT2D eigenvalue weighted by Gasteiger charge is -2.30. The first-order valence-electron chi connectivity index (χ1n) is 7.99. The Bertz CT molecular complexity index is 453. The molecule has 1 unspecified atom stereocenters. The number of ether oxygens (including phenoxy) is 1. The smallest absolute Gasteiger partial charge is 0.186 e. The fraction of sp³-hybridized carbons (Fsp3) is 0.812. The molecule has 0 aromatic carbocycles. The summed E-state index contributed by atoms with van der Waals surface area (Å²) in [6.45, 7) is 15.8. The second-order valence-electron chi connectivity index (χ2n) is 6.82. The quantitative estimate of drug-likeness (QED) is 0.848. The molecule has 0 radical (unpaired) electrons. The molecule has 21 heavy (non-hydrogen) atoms. The van der Waals surface area contributed by atoms with Gasteiger partial charge in [0, 0.05) is 29.9 Å². The summed E-state index contributed by atoms with van der Waals surface area (Å²) >= 11 is 1.84. The van der Waals surface area contributed by atoms with Crippen LogP contribution in [-0.2, 0) is 16.7 Å². The minimum atomic E-state index is 0.0931. The van der Waals surface area contributed by atoms with Crippen LogP contribution < -0.4 is 10.2 Å². The number of thiazole rings is 1. The van der Waals surface area contributed by atoms with E-state index in [1.807, 2.05) is 11.3 Å². The van der Waals surface area contributed by atoms with Crippen LogP contribution >= 0.6 is 11.3 Å². The second-order valence-corrected chi connectivity index (χ2v) is 7.88. The first-order valence-corrected chi connectivity index (χ1v) is 8.81. The number of aromatic nitrogens is 1. The molecule has 1 saturated heterocycles. The number of hydrogen-bond donors (Lipinski definition) is 1. The van der Waals surface area contributed by atoms with Crippen LogP contribution in [0.15, 0.2) is 0 Å². The predicted octanol–water partition coefficient (Wildman–Crippen LogP) is 3.17. The molecule has 2 rings (SSSR count). The average molecular weight is 311 g/mol. The van der Waals surface area contributed by atoms with Crippen molar-refractivity contribution in [2.75, 3.05) is 31.1 Å². The summed E-state index contributed by atoms with van der Waals surface area (Å²) in [6.07, 6.45) is 1.46. The van der Waals surface area contributed by atoms with Crippen LogP contribution in [0.2, 0.25) is 0 Å². The molecule has 0 bridgehead atoms. The number of nitrogens with zero attached hydrogens (tertiary/aromatic N) is 2. The van der Waals surface area contributed by atoms with Gasteiger partial charge in [-0.05, 0) is 19.9 Å². The van der Waals surface area contributed by atoms with Crippen molar-refractivity contribution in [3.63, 3.8) is 0 Å². The zero-order chi connectivity index (χ0) is 15.5. The minimum absolute atomic E-state index is 0.0931. The fourth-order valence-electron chi connectivity index (χ4n) is 2.55. The van der Waals surface area contributed by atoms with Gasteiger partial charge < -0.3 is 15.0 Å². The van der Waals surface area contributed by atoms with E-state index in [9.17, 15) is 0 Å². The number of nitrogens with one attached hydrogen (secondary N) is 1. The van der Waals surface area contributed by atoms with Crippen LogP contribution in [0.25, 0.3) is 0 Å². The van der Waals surface area contributed by atoms with E-state index in [0.717, 1.165) is 44.3 Å². The van der Waals surface area contributed by atoms with E-state index in [4.69, 9.17) is 9.72 Å². The van der Waals surface area contributed by atoms with E-state index in [1.54, 1.807) is 0 Å². The zero-order valence-corrected chi connectivity index (χ0v) is 14.8. The Balaban J connectivity index is 2.18. The maximum atomic E-state index is 5.64. The maximum Gasteiger partial charge on any atom is 0.186 e. The summed E-state index contributed by atoms with van der Waals surface area (Å²) in [7, 11) is 0. The number of hydrogen-bond acceptors (Lipinski definition) is 5. The first-order chi connectivity index (χ1) is 9.91. The van der Waals surface area contributed by atoms with E-state index >= 15 is 0 Å².